The Morgan fingerprint density at radius 2 is 1.72 bits per heavy atom. The predicted molar refractivity (Wildman–Crippen MR) is 117 cm³/mol. The fraction of sp³-hybridized carbons (Fsp3) is 0.364. The van der Waals surface area contributed by atoms with Gasteiger partial charge in [0.15, 0.2) is 17.3 Å². The predicted octanol–water partition coefficient (Wildman–Crippen LogP) is 4.50. The maximum absolute atomic E-state index is 13.2. The molecule has 3 N–H and O–H groups in total. The number of ether oxygens (including phenoxy) is 2. The van der Waals surface area contributed by atoms with Crippen molar-refractivity contribution in [3.63, 3.8) is 0 Å². The van der Waals surface area contributed by atoms with Crippen molar-refractivity contribution in [1.29, 1.82) is 0 Å². The number of aryl methyl sites for hydroxylation is 1. The molecule has 10 heteroatoms. The fourth-order valence-electron chi connectivity index (χ4n) is 3.35. The van der Waals surface area contributed by atoms with Crippen molar-refractivity contribution >= 4 is 22.3 Å². The Morgan fingerprint density at radius 1 is 1.06 bits per heavy atom. The number of hydrogen-bond donors (Lipinski definition) is 2. The van der Waals surface area contributed by atoms with E-state index in [1.165, 1.54) is 20.2 Å². The lowest BCUT2D eigenvalue weighted by atomic mass is 10.0. The lowest BCUT2D eigenvalue weighted by Crippen LogP contribution is -2.22. The number of alkyl halides is 3. The Hall–Kier alpha value is -3.43. The second-order valence-electron chi connectivity index (χ2n) is 7.74. The minimum absolute atomic E-state index is 0.000824. The number of nitrogens with two attached hydrogens (primary N) is 1. The van der Waals surface area contributed by atoms with Crippen LogP contribution in [0.15, 0.2) is 35.1 Å². The van der Waals surface area contributed by atoms with Crippen LogP contribution in [0.1, 0.15) is 37.9 Å². The maximum Gasteiger partial charge on any atom is 0.416 e. The Balaban J connectivity index is 2.12. The van der Waals surface area contributed by atoms with Crippen molar-refractivity contribution in [3.05, 3.63) is 51.8 Å². The summed E-state index contributed by atoms with van der Waals surface area (Å²) in [7, 11) is 2.96. The molecular weight excluding hydrogens is 425 g/mol. The van der Waals surface area contributed by atoms with Gasteiger partial charge in [0.05, 0.1) is 30.2 Å². The minimum atomic E-state index is -4.52. The summed E-state index contributed by atoms with van der Waals surface area (Å²) in [5.74, 6) is 1.12. The smallest absolute Gasteiger partial charge is 0.416 e. The van der Waals surface area contributed by atoms with Gasteiger partial charge in [0, 0.05) is 18.1 Å². The van der Waals surface area contributed by atoms with Crippen LogP contribution in [0.2, 0.25) is 0 Å². The normalized spacial score (nSPS) is 12.8. The van der Waals surface area contributed by atoms with Crippen LogP contribution in [0.5, 0.6) is 11.5 Å². The lowest BCUT2D eigenvalue weighted by Gasteiger charge is -2.20. The molecule has 0 amide bonds. The van der Waals surface area contributed by atoms with Gasteiger partial charge in [-0.15, -0.1) is 0 Å². The summed E-state index contributed by atoms with van der Waals surface area (Å²) in [5, 5.41) is 8.16. The SMILES string of the molecule is COc1cc2c(=O)n(C)nc(N[C@H](C)c3cc(N)cc(C(F)(F)F)c3)c2cc1OC(C)C. The van der Waals surface area contributed by atoms with Crippen LogP contribution >= 0.6 is 0 Å². The Bertz CT molecular complexity index is 1210. The summed E-state index contributed by atoms with van der Waals surface area (Å²) < 4.78 is 51.9. The van der Waals surface area contributed by atoms with Gasteiger partial charge in [0.25, 0.3) is 5.56 Å². The number of rotatable bonds is 6. The zero-order chi connectivity index (χ0) is 23.8. The number of nitrogen functional groups attached to an aromatic ring is 1. The Morgan fingerprint density at radius 3 is 2.31 bits per heavy atom. The number of nitrogens with one attached hydrogen (secondary N) is 1. The highest BCUT2D eigenvalue weighted by Crippen LogP contribution is 2.36. The first-order valence-electron chi connectivity index (χ1n) is 9.90. The van der Waals surface area contributed by atoms with E-state index in [0.717, 1.165) is 16.8 Å². The molecule has 0 aliphatic heterocycles. The molecule has 0 aliphatic carbocycles. The number of benzene rings is 2. The van der Waals surface area contributed by atoms with Gasteiger partial charge in [-0.1, -0.05) is 0 Å². The zero-order valence-corrected chi connectivity index (χ0v) is 18.4. The van der Waals surface area contributed by atoms with Crippen molar-refractivity contribution in [2.45, 2.75) is 39.1 Å². The third-order valence-corrected chi connectivity index (χ3v) is 4.85. The van der Waals surface area contributed by atoms with Gasteiger partial charge in [-0.25, -0.2) is 4.68 Å². The van der Waals surface area contributed by atoms with Crippen molar-refractivity contribution < 1.29 is 22.6 Å². The minimum Gasteiger partial charge on any atom is -0.493 e. The van der Waals surface area contributed by atoms with E-state index >= 15 is 0 Å². The topological polar surface area (TPSA) is 91.4 Å². The Kier molecular flexibility index (Phi) is 6.25. The van der Waals surface area contributed by atoms with E-state index in [-0.39, 0.29) is 17.4 Å². The molecule has 3 aromatic rings. The molecule has 0 saturated carbocycles. The first-order valence-corrected chi connectivity index (χ1v) is 9.90. The highest BCUT2D eigenvalue weighted by atomic mass is 19.4. The summed E-state index contributed by atoms with van der Waals surface area (Å²) in [4.78, 5) is 12.7. The largest absolute Gasteiger partial charge is 0.493 e. The highest BCUT2D eigenvalue weighted by Gasteiger charge is 2.31. The average Bonchev–Trinajstić information content (AvgIpc) is 2.70. The van der Waals surface area contributed by atoms with E-state index in [0.29, 0.717) is 33.7 Å². The molecule has 2 aromatic carbocycles. The molecule has 0 fully saturated rings. The Labute approximate surface area is 182 Å². The molecule has 0 saturated heterocycles. The molecule has 3 rings (SSSR count). The number of aromatic nitrogens is 2. The molecule has 172 valence electrons. The second kappa shape index (κ2) is 8.60. The number of nitrogens with zero attached hydrogens (tertiary/aromatic N) is 2. The van der Waals surface area contributed by atoms with Crippen molar-refractivity contribution in [2.75, 3.05) is 18.2 Å². The zero-order valence-electron chi connectivity index (χ0n) is 18.4. The number of anilines is 2. The standard InChI is InChI=1S/C22H25F3N4O3/c1-11(2)32-19-9-16-17(10-18(19)31-5)21(30)29(4)28-20(16)27-12(3)13-6-14(22(23,24)25)8-15(26)7-13/h6-12H,26H2,1-5H3,(H,27,28)/t12-/m1/s1. The molecular formula is C22H25F3N4O3. The van der Waals surface area contributed by atoms with Gasteiger partial charge in [-0.2, -0.15) is 18.3 Å². The van der Waals surface area contributed by atoms with Gasteiger partial charge < -0.3 is 20.5 Å². The van der Waals surface area contributed by atoms with Crippen LogP contribution in [-0.4, -0.2) is 23.0 Å². The number of fused-ring (bicyclic) bond motifs is 1. The molecule has 0 bridgehead atoms. The van der Waals surface area contributed by atoms with Gasteiger partial charge >= 0.3 is 6.18 Å². The molecule has 1 heterocycles. The average molecular weight is 450 g/mol. The molecule has 32 heavy (non-hydrogen) atoms. The van der Waals surface area contributed by atoms with E-state index in [1.54, 1.807) is 19.1 Å². The highest BCUT2D eigenvalue weighted by molar-refractivity contribution is 5.93. The van der Waals surface area contributed by atoms with E-state index in [9.17, 15) is 18.0 Å². The van der Waals surface area contributed by atoms with Gasteiger partial charge in [0.2, 0.25) is 0 Å². The van der Waals surface area contributed by atoms with E-state index < -0.39 is 17.8 Å². The van der Waals surface area contributed by atoms with E-state index in [1.807, 2.05) is 13.8 Å². The van der Waals surface area contributed by atoms with Crippen LogP contribution in [0.4, 0.5) is 24.7 Å². The van der Waals surface area contributed by atoms with Crippen LogP contribution in [0.3, 0.4) is 0 Å². The maximum atomic E-state index is 13.2. The molecule has 0 radical (unpaired) electrons. The van der Waals surface area contributed by atoms with Crippen LogP contribution in [0, 0.1) is 0 Å². The second-order valence-corrected chi connectivity index (χ2v) is 7.74. The summed E-state index contributed by atoms with van der Waals surface area (Å²) in [5.41, 5.74) is 4.84. The number of methoxy groups -OCH3 is 1. The number of hydrogen-bond acceptors (Lipinski definition) is 6. The lowest BCUT2D eigenvalue weighted by molar-refractivity contribution is -0.137. The number of halogens is 3. The molecule has 1 aromatic heterocycles. The third kappa shape index (κ3) is 4.74. The van der Waals surface area contributed by atoms with Crippen molar-refractivity contribution in [2.24, 2.45) is 7.05 Å². The van der Waals surface area contributed by atoms with Gasteiger partial charge in [-0.3, -0.25) is 4.79 Å². The van der Waals surface area contributed by atoms with Crippen molar-refractivity contribution in [1.82, 2.24) is 9.78 Å². The van der Waals surface area contributed by atoms with Crippen LogP contribution in [-0.2, 0) is 13.2 Å². The molecule has 0 unspecified atom stereocenters. The summed E-state index contributed by atoms with van der Waals surface area (Å²) in [6.45, 7) is 5.39. The van der Waals surface area contributed by atoms with E-state index in [4.69, 9.17) is 15.2 Å². The van der Waals surface area contributed by atoms with Gasteiger partial charge in [0.1, 0.15) is 0 Å². The fourth-order valence-corrected chi connectivity index (χ4v) is 3.35. The molecule has 7 nitrogen and oxygen atoms in total. The molecule has 0 aliphatic rings. The third-order valence-electron chi connectivity index (χ3n) is 4.85. The first kappa shape index (κ1) is 23.2. The van der Waals surface area contributed by atoms with Crippen LogP contribution in [0.25, 0.3) is 10.8 Å². The van der Waals surface area contributed by atoms with Crippen LogP contribution < -0.4 is 26.1 Å². The summed E-state index contributed by atoms with van der Waals surface area (Å²) in [6.07, 6.45) is -4.67. The van der Waals surface area contributed by atoms with E-state index in [2.05, 4.69) is 10.4 Å². The monoisotopic (exact) mass is 450 g/mol. The molecule has 1 atom stereocenters. The van der Waals surface area contributed by atoms with Gasteiger partial charge in [-0.05, 0) is 56.7 Å². The summed E-state index contributed by atoms with van der Waals surface area (Å²) >= 11 is 0. The van der Waals surface area contributed by atoms with Crippen molar-refractivity contribution in [3.8, 4) is 11.5 Å². The quantitative estimate of drug-likeness (QED) is 0.537. The summed E-state index contributed by atoms with van der Waals surface area (Å²) in [6, 6.07) is 6.00. The molecule has 0 spiro atoms. The first-order chi connectivity index (χ1) is 14.9.